The Morgan fingerprint density at radius 3 is 2.94 bits per heavy atom. The first-order chi connectivity index (χ1) is 8.65. The topological polar surface area (TPSA) is 72.4 Å². The van der Waals surface area contributed by atoms with E-state index >= 15 is 0 Å². The molecule has 1 amide bonds. The Morgan fingerprint density at radius 2 is 2.33 bits per heavy atom. The third-order valence-corrected chi connectivity index (χ3v) is 2.36. The zero-order valence-electron chi connectivity index (χ0n) is 10.3. The second-order valence-electron chi connectivity index (χ2n) is 3.87. The molecule has 0 aliphatic carbocycles. The number of nitrogens with zero attached hydrogens (tertiary/aromatic N) is 3. The summed E-state index contributed by atoms with van der Waals surface area (Å²) in [6.07, 6.45) is 3.11. The first-order valence-electron chi connectivity index (χ1n) is 5.52. The van der Waals surface area contributed by atoms with Crippen molar-refractivity contribution in [3.05, 3.63) is 41.6 Å². The van der Waals surface area contributed by atoms with Gasteiger partial charge in [-0.1, -0.05) is 0 Å². The molecular formula is C12H14N4O2. The third-order valence-electron chi connectivity index (χ3n) is 2.36. The lowest BCUT2D eigenvalue weighted by molar-refractivity contribution is -0.121. The molecule has 2 aromatic heterocycles. The molecule has 0 aliphatic rings. The molecule has 94 valence electrons. The second kappa shape index (κ2) is 5.31. The van der Waals surface area contributed by atoms with Gasteiger partial charge in [-0.25, -0.2) is 5.43 Å². The molecule has 2 rings (SSSR count). The summed E-state index contributed by atoms with van der Waals surface area (Å²) in [5.41, 5.74) is 3.34. The summed E-state index contributed by atoms with van der Waals surface area (Å²) >= 11 is 0. The van der Waals surface area contributed by atoms with Crippen LogP contribution in [-0.2, 0) is 11.3 Å². The monoisotopic (exact) mass is 246 g/mol. The average Bonchev–Trinajstić information content (AvgIpc) is 2.89. The van der Waals surface area contributed by atoms with E-state index in [9.17, 15) is 4.79 Å². The molecule has 0 saturated heterocycles. The normalized spacial score (nSPS) is 11.0. The maximum Gasteiger partial charge on any atom is 0.261 e. The van der Waals surface area contributed by atoms with Gasteiger partial charge in [0.25, 0.3) is 5.91 Å². The Morgan fingerprint density at radius 1 is 1.50 bits per heavy atom. The van der Waals surface area contributed by atoms with Gasteiger partial charge in [0.1, 0.15) is 18.1 Å². The number of carbonyl (C=O) groups is 1. The fraction of sp³-hybridized carbons (Fsp3) is 0.250. The van der Waals surface area contributed by atoms with E-state index in [1.165, 1.54) is 6.21 Å². The van der Waals surface area contributed by atoms with E-state index in [2.05, 4.69) is 15.6 Å². The number of rotatable bonds is 4. The SMILES string of the molecule is Cc1ccc(C=NNC(=O)Cn2nccc2C)o1. The van der Waals surface area contributed by atoms with Crippen LogP contribution in [0, 0.1) is 13.8 Å². The minimum atomic E-state index is -0.235. The van der Waals surface area contributed by atoms with Crippen molar-refractivity contribution in [1.82, 2.24) is 15.2 Å². The highest BCUT2D eigenvalue weighted by Crippen LogP contribution is 2.02. The second-order valence-corrected chi connectivity index (χ2v) is 3.87. The maximum absolute atomic E-state index is 11.5. The Balaban J connectivity index is 1.85. The molecule has 0 aromatic carbocycles. The zero-order valence-corrected chi connectivity index (χ0v) is 10.3. The highest BCUT2D eigenvalue weighted by Gasteiger charge is 2.03. The standard InChI is InChI=1S/C12H14N4O2/c1-9-5-6-14-16(9)8-12(17)15-13-7-11-4-3-10(2)18-11/h3-7H,8H2,1-2H3,(H,15,17). The quantitative estimate of drug-likeness (QED) is 0.651. The van der Waals surface area contributed by atoms with Gasteiger partial charge in [-0.05, 0) is 32.0 Å². The zero-order chi connectivity index (χ0) is 13.0. The smallest absolute Gasteiger partial charge is 0.261 e. The number of aryl methyl sites for hydroxylation is 2. The van der Waals surface area contributed by atoms with Crippen molar-refractivity contribution < 1.29 is 9.21 Å². The maximum atomic E-state index is 11.5. The molecule has 6 nitrogen and oxygen atoms in total. The molecular weight excluding hydrogens is 232 g/mol. The fourth-order valence-electron chi connectivity index (χ4n) is 1.43. The third kappa shape index (κ3) is 3.07. The summed E-state index contributed by atoms with van der Waals surface area (Å²) in [7, 11) is 0. The molecule has 0 fully saturated rings. The van der Waals surface area contributed by atoms with Crippen LogP contribution in [0.25, 0.3) is 0 Å². The van der Waals surface area contributed by atoms with Gasteiger partial charge in [0.05, 0.1) is 6.21 Å². The minimum Gasteiger partial charge on any atom is -0.460 e. The van der Waals surface area contributed by atoms with Crippen LogP contribution in [0.15, 0.2) is 33.9 Å². The molecule has 0 unspecified atom stereocenters. The number of furan rings is 1. The lowest BCUT2D eigenvalue weighted by atomic mass is 10.4. The molecule has 2 heterocycles. The van der Waals surface area contributed by atoms with Crippen LogP contribution in [0.4, 0.5) is 0 Å². The van der Waals surface area contributed by atoms with Gasteiger partial charge in [-0.15, -0.1) is 0 Å². The van der Waals surface area contributed by atoms with Crippen LogP contribution in [-0.4, -0.2) is 21.9 Å². The summed E-state index contributed by atoms with van der Waals surface area (Å²) in [6, 6.07) is 5.45. The summed E-state index contributed by atoms with van der Waals surface area (Å²) < 4.78 is 6.87. The van der Waals surface area contributed by atoms with Crippen molar-refractivity contribution in [1.29, 1.82) is 0 Å². The Kier molecular flexibility index (Phi) is 3.57. The van der Waals surface area contributed by atoms with Crippen molar-refractivity contribution in [2.75, 3.05) is 0 Å². The van der Waals surface area contributed by atoms with E-state index in [0.29, 0.717) is 5.76 Å². The number of nitrogens with one attached hydrogen (secondary N) is 1. The molecule has 0 atom stereocenters. The van der Waals surface area contributed by atoms with Crippen LogP contribution >= 0.6 is 0 Å². The molecule has 1 N–H and O–H groups in total. The van der Waals surface area contributed by atoms with E-state index in [4.69, 9.17) is 4.42 Å². The molecule has 0 aliphatic heterocycles. The van der Waals surface area contributed by atoms with E-state index in [1.807, 2.05) is 26.0 Å². The molecule has 0 radical (unpaired) electrons. The first-order valence-corrected chi connectivity index (χ1v) is 5.52. The predicted octanol–water partition coefficient (Wildman–Crippen LogP) is 1.24. The largest absolute Gasteiger partial charge is 0.460 e. The fourth-order valence-corrected chi connectivity index (χ4v) is 1.43. The number of hydrogen-bond donors (Lipinski definition) is 1. The van der Waals surface area contributed by atoms with Crippen LogP contribution < -0.4 is 5.43 Å². The minimum absolute atomic E-state index is 0.146. The number of aromatic nitrogens is 2. The summed E-state index contributed by atoms with van der Waals surface area (Å²) in [5, 5.41) is 7.82. The van der Waals surface area contributed by atoms with E-state index in [-0.39, 0.29) is 12.5 Å². The van der Waals surface area contributed by atoms with Gasteiger partial charge in [-0.3, -0.25) is 9.48 Å². The van der Waals surface area contributed by atoms with Crippen molar-refractivity contribution in [2.45, 2.75) is 20.4 Å². The molecule has 0 spiro atoms. The summed E-state index contributed by atoms with van der Waals surface area (Å²) in [5.74, 6) is 1.17. The number of hydrogen-bond acceptors (Lipinski definition) is 4. The number of amides is 1. The summed E-state index contributed by atoms with van der Waals surface area (Å²) in [4.78, 5) is 11.5. The first kappa shape index (κ1) is 12.1. The van der Waals surface area contributed by atoms with Gasteiger partial charge >= 0.3 is 0 Å². The van der Waals surface area contributed by atoms with Gasteiger partial charge in [-0.2, -0.15) is 10.2 Å². The molecule has 0 bridgehead atoms. The number of hydrazone groups is 1. The highest BCUT2D eigenvalue weighted by atomic mass is 16.3. The Labute approximate surface area is 104 Å². The van der Waals surface area contributed by atoms with Crippen molar-refractivity contribution in [3.63, 3.8) is 0 Å². The molecule has 18 heavy (non-hydrogen) atoms. The van der Waals surface area contributed by atoms with Gasteiger partial charge in [0.15, 0.2) is 0 Å². The van der Waals surface area contributed by atoms with Crippen LogP contribution in [0.2, 0.25) is 0 Å². The lowest BCUT2D eigenvalue weighted by Gasteiger charge is -2.02. The lowest BCUT2D eigenvalue weighted by Crippen LogP contribution is -2.24. The summed E-state index contributed by atoms with van der Waals surface area (Å²) in [6.45, 7) is 3.87. The van der Waals surface area contributed by atoms with Gasteiger partial charge < -0.3 is 4.42 Å². The predicted molar refractivity (Wildman–Crippen MR) is 66.1 cm³/mol. The van der Waals surface area contributed by atoms with E-state index < -0.39 is 0 Å². The number of carbonyl (C=O) groups excluding carboxylic acids is 1. The van der Waals surface area contributed by atoms with Crippen LogP contribution in [0.1, 0.15) is 17.2 Å². The van der Waals surface area contributed by atoms with Crippen LogP contribution in [0.3, 0.4) is 0 Å². The molecule has 0 saturated carbocycles. The van der Waals surface area contributed by atoms with Crippen molar-refractivity contribution in [3.8, 4) is 0 Å². The highest BCUT2D eigenvalue weighted by molar-refractivity contribution is 5.80. The molecule has 2 aromatic rings. The Hall–Kier alpha value is -2.37. The van der Waals surface area contributed by atoms with Gasteiger partial charge in [0.2, 0.25) is 0 Å². The average molecular weight is 246 g/mol. The van der Waals surface area contributed by atoms with Gasteiger partial charge in [0, 0.05) is 11.9 Å². The van der Waals surface area contributed by atoms with E-state index in [0.717, 1.165) is 11.5 Å². The van der Waals surface area contributed by atoms with Crippen LogP contribution in [0.5, 0.6) is 0 Å². The van der Waals surface area contributed by atoms with Crippen molar-refractivity contribution in [2.24, 2.45) is 5.10 Å². The molecule has 6 heteroatoms. The van der Waals surface area contributed by atoms with Crippen molar-refractivity contribution >= 4 is 12.1 Å². The van der Waals surface area contributed by atoms with E-state index in [1.54, 1.807) is 16.9 Å². The Bertz CT molecular complexity index is 568.